The third-order valence-corrected chi connectivity index (χ3v) is 3.30. The van der Waals surface area contributed by atoms with Crippen molar-refractivity contribution in [2.75, 3.05) is 24.6 Å². The van der Waals surface area contributed by atoms with Crippen molar-refractivity contribution in [2.45, 2.75) is 25.4 Å². The van der Waals surface area contributed by atoms with Gasteiger partial charge < -0.3 is 15.3 Å². The van der Waals surface area contributed by atoms with Gasteiger partial charge >= 0.3 is 0 Å². The van der Waals surface area contributed by atoms with Gasteiger partial charge in [0.1, 0.15) is 5.82 Å². The molecule has 17 heavy (non-hydrogen) atoms. The van der Waals surface area contributed by atoms with Crippen LogP contribution >= 0.6 is 0 Å². The standard InChI is InChI=1S/C13H19FN2O/c1-10-5-6-15-8-13(9-17)16(10)12-4-2-3-11(14)7-12/h2-4,7,10,13,15,17H,5-6,8-9H2,1H3. The Morgan fingerprint density at radius 3 is 3.06 bits per heavy atom. The summed E-state index contributed by atoms with van der Waals surface area (Å²) < 4.78 is 13.3. The fourth-order valence-electron chi connectivity index (χ4n) is 2.43. The lowest BCUT2D eigenvalue weighted by Gasteiger charge is -2.35. The van der Waals surface area contributed by atoms with E-state index in [2.05, 4.69) is 17.1 Å². The van der Waals surface area contributed by atoms with Crippen molar-refractivity contribution in [3.8, 4) is 0 Å². The maximum atomic E-state index is 13.3. The van der Waals surface area contributed by atoms with Gasteiger partial charge in [-0.1, -0.05) is 6.07 Å². The molecule has 0 saturated carbocycles. The van der Waals surface area contributed by atoms with Crippen LogP contribution in [0.15, 0.2) is 24.3 Å². The normalized spacial score (nSPS) is 25.7. The highest BCUT2D eigenvalue weighted by Gasteiger charge is 2.25. The van der Waals surface area contributed by atoms with Crippen molar-refractivity contribution in [1.29, 1.82) is 0 Å². The van der Waals surface area contributed by atoms with Crippen LogP contribution in [0.2, 0.25) is 0 Å². The summed E-state index contributed by atoms with van der Waals surface area (Å²) in [5.41, 5.74) is 0.847. The molecule has 0 aromatic heterocycles. The minimum atomic E-state index is -0.233. The summed E-state index contributed by atoms with van der Waals surface area (Å²) in [6.07, 6.45) is 0.993. The summed E-state index contributed by atoms with van der Waals surface area (Å²) in [6.45, 7) is 3.86. The highest BCUT2D eigenvalue weighted by Crippen LogP contribution is 2.23. The Labute approximate surface area is 101 Å². The molecule has 0 aliphatic carbocycles. The SMILES string of the molecule is CC1CCNCC(CO)N1c1cccc(F)c1. The molecule has 2 rings (SSSR count). The third-order valence-electron chi connectivity index (χ3n) is 3.30. The Balaban J connectivity index is 2.30. The molecule has 1 aromatic carbocycles. The molecule has 94 valence electrons. The maximum Gasteiger partial charge on any atom is 0.125 e. The van der Waals surface area contributed by atoms with Crippen LogP contribution in [0.3, 0.4) is 0 Å². The smallest absolute Gasteiger partial charge is 0.125 e. The molecule has 2 N–H and O–H groups in total. The molecule has 0 bridgehead atoms. The first-order valence-electron chi connectivity index (χ1n) is 6.08. The Morgan fingerprint density at radius 2 is 2.35 bits per heavy atom. The van der Waals surface area contributed by atoms with Crippen molar-refractivity contribution in [3.63, 3.8) is 0 Å². The van der Waals surface area contributed by atoms with Crippen LogP contribution < -0.4 is 10.2 Å². The van der Waals surface area contributed by atoms with Crippen LogP contribution in [-0.2, 0) is 0 Å². The molecule has 0 amide bonds. The summed E-state index contributed by atoms with van der Waals surface area (Å²) in [6, 6.07) is 6.89. The zero-order chi connectivity index (χ0) is 12.3. The topological polar surface area (TPSA) is 35.5 Å². The number of benzene rings is 1. The van der Waals surface area contributed by atoms with E-state index in [-0.39, 0.29) is 18.5 Å². The van der Waals surface area contributed by atoms with E-state index in [9.17, 15) is 9.50 Å². The summed E-state index contributed by atoms with van der Waals surface area (Å²) in [4.78, 5) is 2.11. The number of nitrogens with zero attached hydrogens (tertiary/aromatic N) is 1. The third kappa shape index (κ3) is 2.76. The Bertz CT molecular complexity index is 372. The van der Waals surface area contributed by atoms with E-state index in [1.54, 1.807) is 6.07 Å². The average molecular weight is 238 g/mol. The number of halogens is 1. The van der Waals surface area contributed by atoms with E-state index in [1.165, 1.54) is 12.1 Å². The second-order valence-electron chi connectivity index (χ2n) is 4.57. The lowest BCUT2D eigenvalue weighted by Crippen LogP contribution is -2.46. The predicted molar refractivity (Wildman–Crippen MR) is 66.7 cm³/mol. The van der Waals surface area contributed by atoms with Gasteiger partial charge in [-0.05, 0) is 38.1 Å². The van der Waals surface area contributed by atoms with Gasteiger partial charge in [0.05, 0.1) is 12.6 Å². The van der Waals surface area contributed by atoms with E-state index < -0.39 is 0 Å². The number of hydrogen-bond donors (Lipinski definition) is 2. The van der Waals surface area contributed by atoms with Gasteiger partial charge in [-0.2, -0.15) is 0 Å². The van der Waals surface area contributed by atoms with Gasteiger partial charge in [-0.25, -0.2) is 4.39 Å². The number of aliphatic hydroxyl groups excluding tert-OH is 1. The van der Waals surface area contributed by atoms with Crippen LogP contribution in [0.1, 0.15) is 13.3 Å². The zero-order valence-corrected chi connectivity index (χ0v) is 10.1. The summed E-state index contributed by atoms with van der Waals surface area (Å²) in [5.74, 6) is -0.233. The molecular weight excluding hydrogens is 219 g/mol. The fourth-order valence-corrected chi connectivity index (χ4v) is 2.43. The van der Waals surface area contributed by atoms with Crippen molar-refractivity contribution in [2.24, 2.45) is 0 Å². The van der Waals surface area contributed by atoms with Crippen molar-refractivity contribution < 1.29 is 9.50 Å². The number of aliphatic hydroxyl groups is 1. The highest BCUT2D eigenvalue weighted by atomic mass is 19.1. The number of rotatable bonds is 2. The zero-order valence-electron chi connectivity index (χ0n) is 10.1. The average Bonchev–Trinajstić information content (AvgIpc) is 2.50. The largest absolute Gasteiger partial charge is 0.394 e. The molecule has 2 atom stereocenters. The predicted octanol–water partition coefficient (Wildman–Crippen LogP) is 1.37. The summed E-state index contributed by atoms with van der Waals surface area (Å²) in [7, 11) is 0. The fraction of sp³-hybridized carbons (Fsp3) is 0.538. The second kappa shape index (κ2) is 5.47. The van der Waals surface area contributed by atoms with Crippen molar-refractivity contribution in [3.05, 3.63) is 30.1 Å². The van der Waals surface area contributed by atoms with Crippen LogP contribution in [0, 0.1) is 5.82 Å². The number of anilines is 1. The van der Waals surface area contributed by atoms with Gasteiger partial charge in [0.2, 0.25) is 0 Å². The highest BCUT2D eigenvalue weighted by molar-refractivity contribution is 5.49. The summed E-state index contributed by atoms with van der Waals surface area (Å²) >= 11 is 0. The first-order chi connectivity index (χ1) is 8.22. The molecule has 1 aromatic rings. The van der Waals surface area contributed by atoms with Crippen LogP contribution in [0.4, 0.5) is 10.1 Å². The number of nitrogens with one attached hydrogen (secondary N) is 1. The van der Waals surface area contributed by atoms with Gasteiger partial charge in [0.25, 0.3) is 0 Å². The molecule has 3 nitrogen and oxygen atoms in total. The van der Waals surface area contributed by atoms with E-state index in [1.807, 2.05) is 6.07 Å². The van der Waals surface area contributed by atoms with E-state index in [0.717, 1.165) is 25.2 Å². The molecule has 1 heterocycles. The first-order valence-corrected chi connectivity index (χ1v) is 6.08. The Hall–Kier alpha value is -1.13. The van der Waals surface area contributed by atoms with E-state index in [4.69, 9.17) is 0 Å². The lowest BCUT2D eigenvalue weighted by molar-refractivity contribution is 0.255. The number of hydrogen-bond acceptors (Lipinski definition) is 3. The maximum absolute atomic E-state index is 13.3. The van der Waals surface area contributed by atoms with Gasteiger partial charge in [-0.3, -0.25) is 0 Å². The summed E-state index contributed by atoms with van der Waals surface area (Å²) in [5, 5.41) is 12.8. The van der Waals surface area contributed by atoms with E-state index in [0.29, 0.717) is 6.04 Å². The van der Waals surface area contributed by atoms with Crippen LogP contribution in [0.25, 0.3) is 0 Å². The molecule has 1 aliphatic heterocycles. The Kier molecular flexibility index (Phi) is 3.97. The molecule has 0 spiro atoms. The quantitative estimate of drug-likeness (QED) is 0.817. The second-order valence-corrected chi connectivity index (χ2v) is 4.57. The van der Waals surface area contributed by atoms with Crippen LogP contribution in [-0.4, -0.2) is 36.9 Å². The van der Waals surface area contributed by atoms with Gasteiger partial charge in [0, 0.05) is 18.3 Å². The monoisotopic (exact) mass is 238 g/mol. The minimum Gasteiger partial charge on any atom is -0.394 e. The van der Waals surface area contributed by atoms with Gasteiger partial charge in [0.15, 0.2) is 0 Å². The lowest BCUT2D eigenvalue weighted by atomic mass is 10.1. The Morgan fingerprint density at radius 1 is 1.53 bits per heavy atom. The van der Waals surface area contributed by atoms with E-state index >= 15 is 0 Å². The molecular formula is C13H19FN2O. The first kappa shape index (κ1) is 12.3. The molecule has 0 radical (unpaired) electrons. The van der Waals surface area contributed by atoms with Gasteiger partial charge in [-0.15, -0.1) is 0 Å². The molecule has 1 saturated heterocycles. The molecule has 1 aliphatic rings. The molecule has 1 fully saturated rings. The minimum absolute atomic E-state index is 0.00861. The van der Waals surface area contributed by atoms with Crippen LogP contribution in [0.5, 0.6) is 0 Å². The molecule has 2 unspecified atom stereocenters. The van der Waals surface area contributed by atoms with Crippen molar-refractivity contribution >= 4 is 5.69 Å². The van der Waals surface area contributed by atoms with Crippen molar-refractivity contribution in [1.82, 2.24) is 5.32 Å². The molecule has 4 heteroatoms.